The van der Waals surface area contributed by atoms with Crippen LogP contribution in [0.1, 0.15) is 57.1 Å². The van der Waals surface area contributed by atoms with Crippen molar-refractivity contribution in [2.24, 2.45) is 0 Å². The van der Waals surface area contributed by atoms with E-state index in [0.29, 0.717) is 0 Å². The van der Waals surface area contributed by atoms with Gasteiger partial charge in [0.25, 0.3) is 0 Å². The van der Waals surface area contributed by atoms with E-state index in [1.165, 1.54) is 0 Å². The highest BCUT2D eigenvalue weighted by Gasteiger charge is 2.16. The molecule has 0 aliphatic rings. The maximum atomic E-state index is 11.9. The maximum Gasteiger partial charge on any atom is 0.161 e. The topological polar surface area (TPSA) is 44.0 Å². The van der Waals surface area contributed by atoms with E-state index < -0.39 is 0 Å². The fraction of sp³-hybridized carbons (Fsp3) is 0.273. The van der Waals surface area contributed by atoms with Crippen molar-refractivity contribution in [3.05, 3.63) is 70.3 Å². The number of aromatic nitrogens is 2. The van der Waals surface area contributed by atoms with Crippen molar-refractivity contribution >= 4 is 11.6 Å². The molecule has 134 valence electrons. The lowest BCUT2D eigenvalue weighted by Gasteiger charge is -2.10. The Morgan fingerprint density at radius 2 is 0.962 bits per heavy atom. The largest absolute Gasteiger partial charge is 0.320 e. The third kappa shape index (κ3) is 2.81. The molecule has 0 aliphatic heterocycles. The Hall–Kier alpha value is -2.88. The van der Waals surface area contributed by atoms with Crippen LogP contribution in [0.3, 0.4) is 0 Å². The number of aryl methyl sites for hydroxylation is 2. The molecule has 2 heterocycles. The molecule has 0 amide bonds. The first-order chi connectivity index (χ1) is 12.2. The zero-order valence-corrected chi connectivity index (χ0v) is 16.2. The van der Waals surface area contributed by atoms with E-state index in [1.54, 1.807) is 13.8 Å². The van der Waals surface area contributed by atoms with Crippen molar-refractivity contribution < 1.29 is 9.59 Å². The lowest BCUT2D eigenvalue weighted by Crippen LogP contribution is -2.01. The van der Waals surface area contributed by atoms with Gasteiger partial charge in [-0.15, -0.1) is 0 Å². The molecule has 0 spiro atoms. The number of carbonyl (C=O) groups excluding carboxylic acids is 2. The molecule has 0 saturated carbocycles. The third-order valence-corrected chi connectivity index (χ3v) is 4.99. The van der Waals surface area contributed by atoms with Crippen molar-refractivity contribution in [1.29, 1.82) is 0 Å². The molecular weight excluding hydrogens is 324 g/mol. The van der Waals surface area contributed by atoms with Crippen LogP contribution in [0.4, 0.5) is 0 Å². The summed E-state index contributed by atoms with van der Waals surface area (Å²) in [6.45, 7) is 11.1. The fourth-order valence-corrected chi connectivity index (χ4v) is 3.90. The molecule has 26 heavy (non-hydrogen) atoms. The minimum Gasteiger partial charge on any atom is -0.320 e. The van der Waals surface area contributed by atoms with Crippen LogP contribution in [0, 0.1) is 27.7 Å². The molecule has 1 aromatic carbocycles. The first-order valence-electron chi connectivity index (χ1n) is 8.72. The Kier molecular flexibility index (Phi) is 4.45. The summed E-state index contributed by atoms with van der Waals surface area (Å²) in [7, 11) is 0. The monoisotopic (exact) mass is 348 g/mol. The lowest BCUT2D eigenvalue weighted by molar-refractivity contribution is 0.100. The van der Waals surface area contributed by atoms with Crippen LogP contribution in [0.15, 0.2) is 36.7 Å². The highest BCUT2D eigenvalue weighted by Crippen LogP contribution is 2.25. The lowest BCUT2D eigenvalue weighted by atomic mass is 10.1. The summed E-state index contributed by atoms with van der Waals surface area (Å²) in [4.78, 5) is 23.7. The van der Waals surface area contributed by atoms with Gasteiger partial charge in [0.1, 0.15) is 0 Å². The molecular formula is C22H24N2O2. The van der Waals surface area contributed by atoms with Gasteiger partial charge < -0.3 is 9.13 Å². The second-order valence-electron chi connectivity index (χ2n) is 6.91. The molecule has 0 atom stereocenters. The summed E-state index contributed by atoms with van der Waals surface area (Å²) in [6.07, 6.45) is 4.00. The third-order valence-electron chi connectivity index (χ3n) is 4.99. The first-order valence-corrected chi connectivity index (χ1v) is 8.72. The number of ketones is 2. The summed E-state index contributed by atoms with van der Waals surface area (Å²) in [6, 6.07) is 8.14. The summed E-state index contributed by atoms with van der Waals surface area (Å²) in [5.74, 6) is 0.177. The van der Waals surface area contributed by atoms with Crippen molar-refractivity contribution in [3.63, 3.8) is 0 Å². The Morgan fingerprint density at radius 1 is 0.654 bits per heavy atom. The Labute approximate surface area is 154 Å². The maximum absolute atomic E-state index is 11.9. The second-order valence-corrected chi connectivity index (χ2v) is 6.91. The number of rotatable bonds is 4. The average molecular weight is 348 g/mol. The highest BCUT2D eigenvalue weighted by molar-refractivity contribution is 5.97. The van der Waals surface area contributed by atoms with Gasteiger partial charge in [0, 0.05) is 46.3 Å². The van der Waals surface area contributed by atoms with Crippen molar-refractivity contribution in [2.75, 3.05) is 0 Å². The SMILES string of the molecule is CC(=O)c1c(C)cn(-c2ccc(-n3cc(C)c(C(C)=O)c3C)cc2)c1C. The Bertz CT molecular complexity index is 934. The van der Waals surface area contributed by atoms with Gasteiger partial charge in [-0.2, -0.15) is 0 Å². The molecule has 0 bridgehead atoms. The van der Waals surface area contributed by atoms with Crippen LogP contribution in [0.25, 0.3) is 11.4 Å². The van der Waals surface area contributed by atoms with Crippen molar-refractivity contribution in [1.82, 2.24) is 9.13 Å². The molecule has 0 saturated heterocycles. The highest BCUT2D eigenvalue weighted by atomic mass is 16.1. The van der Waals surface area contributed by atoms with Gasteiger partial charge >= 0.3 is 0 Å². The van der Waals surface area contributed by atoms with Crippen LogP contribution in [-0.2, 0) is 0 Å². The summed E-state index contributed by atoms with van der Waals surface area (Å²) in [5.41, 5.74) is 7.48. The van der Waals surface area contributed by atoms with Gasteiger partial charge in [-0.1, -0.05) is 0 Å². The second kappa shape index (κ2) is 6.45. The number of nitrogens with zero attached hydrogens (tertiary/aromatic N) is 2. The van der Waals surface area contributed by atoms with E-state index in [0.717, 1.165) is 45.0 Å². The van der Waals surface area contributed by atoms with E-state index in [9.17, 15) is 9.59 Å². The van der Waals surface area contributed by atoms with Crippen molar-refractivity contribution in [3.8, 4) is 11.4 Å². The quantitative estimate of drug-likeness (QED) is 0.629. The number of Topliss-reactive ketones (excluding diaryl/α,β-unsaturated/α-hetero) is 2. The Balaban J connectivity index is 2.03. The van der Waals surface area contributed by atoms with Crippen LogP contribution >= 0.6 is 0 Å². The van der Waals surface area contributed by atoms with Crippen LogP contribution < -0.4 is 0 Å². The fourth-order valence-electron chi connectivity index (χ4n) is 3.90. The number of hydrogen-bond acceptors (Lipinski definition) is 2. The summed E-state index contributed by atoms with van der Waals surface area (Å²) < 4.78 is 4.09. The molecule has 0 N–H and O–H groups in total. The molecule has 3 aromatic rings. The van der Waals surface area contributed by atoms with E-state index in [1.807, 2.05) is 73.5 Å². The van der Waals surface area contributed by atoms with Crippen LogP contribution in [0.5, 0.6) is 0 Å². The molecule has 2 aromatic heterocycles. The zero-order chi connectivity index (χ0) is 19.2. The predicted molar refractivity (Wildman–Crippen MR) is 104 cm³/mol. The molecule has 4 nitrogen and oxygen atoms in total. The molecule has 0 unspecified atom stereocenters. The van der Waals surface area contributed by atoms with Crippen molar-refractivity contribution in [2.45, 2.75) is 41.5 Å². The van der Waals surface area contributed by atoms with E-state index in [2.05, 4.69) is 0 Å². The number of hydrogen-bond donors (Lipinski definition) is 0. The van der Waals surface area contributed by atoms with Gasteiger partial charge in [0.15, 0.2) is 11.6 Å². The standard InChI is InChI=1S/C22H24N2O2/c1-13-11-23(15(3)21(13)17(5)25)19-7-9-20(10-8-19)24-12-14(2)22(16(24)4)18(6)26/h7-12H,1-6H3. The summed E-state index contributed by atoms with van der Waals surface area (Å²) in [5, 5.41) is 0. The molecule has 3 rings (SSSR count). The first kappa shape index (κ1) is 17.9. The van der Waals surface area contributed by atoms with Crippen LogP contribution in [0.2, 0.25) is 0 Å². The number of benzene rings is 1. The molecule has 0 fully saturated rings. The van der Waals surface area contributed by atoms with E-state index >= 15 is 0 Å². The van der Waals surface area contributed by atoms with E-state index in [4.69, 9.17) is 0 Å². The Morgan fingerprint density at radius 3 is 1.19 bits per heavy atom. The minimum atomic E-state index is 0.0885. The molecule has 4 heteroatoms. The van der Waals surface area contributed by atoms with Gasteiger partial charge in [-0.3, -0.25) is 9.59 Å². The van der Waals surface area contributed by atoms with Gasteiger partial charge in [-0.05, 0) is 76.9 Å². The normalized spacial score (nSPS) is 11.0. The molecule has 0 aliphatic carbocycles. The zero-order valence-electron chi connectivity index (χ0n) is 16.2. The number of carbonyl (C=O) groups is 2. The van der Waals surface area contributed by atoms with Gasteiger partial charge in [0.05, 0.1) is 0 Å². The van der Waals surface area contributed by atoms with Gasteiger partial charge in [-0.25, -0.2) is 0 Å². The van der Waals surface area contributed by atoms with Gasteiger partial charge in [0.2, 0.25) is 0 Å². The minimum absolute atomic E-state index is 0.0885. The predicted octanol–water partition coefficient (Wildman–Crippen LogP) is 4.91. The molecule has 0 radical (unpaired) electrons. The average Bonchev–Trinajstić information content (AvgIpc) is 3.03. The van der Waals surface area contributed by atoms with Crippen LogP contribution in [-0.4, -0.2) is 20.7 Å². The van der Waals surface area contributed by atoms with E-state index in [-0.39, 0.29) is 11.6 Å². The summed E-state index contributed by atoms with van der Waals surface area (Å²) >= 11 is 0. The smallest absolute Gasteiger partial charge is 0.161 e.